The van der Waals surface area contributed by atoms with E-state index in [9.17, 15) is 4.79 Å². The van der Waals surface area contributed by atoms with Crippen molar-refractivity contribution in [3.63, 3.8) is 0 Å². The van der Waals surface area contributed by atoms with E-state index in [4.69, 9.17) is 9.84 Å². The Bertz CT molecular complexity index is 1280. The Morgan fingerprint density at radius 3 is 2.94 bits per heavy atom. The fraction of sp³-hybridized carbons (Fsp3) is 0.381. The topological polar surface area (TPSA) is 110 Å². The Labute approximate surface area is 198 Å². The van der Waals surface area contributed by atoms with Crippen LogP contribution in [0.5, 0.6) is 0 Å². The monoisotopic (exact) mass is 484 g/mol. The maximum absolute atomic E-state index is 11.7. The van der Waals surface area contributed by atoms with Gasteiger partial charge in [-0.25, -0.2) is 4.98 Å². The van der Waals surface area contributed by atoms with Crippen LogP contribution in [-0.2, 0) is 9.53 Å². The number of hydrogen-bond donors (Lipinski definition) is 2. The highest BCUT2D eigenvalue weighted by atomic mass is 32.2. The van der Waals surface area contributed by atoms with Gasteiger partial charge in [-0.05, 0) is 54.9 Å². The van der Waals surface area contributed by atoms with Gasteiger partial charge in [-0.1, -0.05) is 11.3 Å². The fourth-order valence-electron chi connectivity index (χ4n) is 3.55. The molecule has 10 nitrogen and oxygen atoms in total. The Hall–Kier alpha value is -2.96. The molecular weight excluding hydrogens is 460 g/mol. The number of nitrogens with zero attached hydrogens (tertiary/aromatic N) is 6. The van der Waals surface area contributed by atoms with Crippen molar-refractivity contribution in [2.45, 2.75) is 28.9 Å². The molecule has 1 amide bonds. The lowest BCUT2D eigenvalue weighted by atomic mass is 10.1. The molecule has 5 rings (SSSR count). The molecule has 12 heteroatoms. The molecular formula is C21H24N8O2S2. The van der Waals surface area contributed by atoms with Gasteiger partial charge in [0.2, 0.25) is 11.1 Å². The van der Waals surface area contributed by atoms with E-state index in [1.807, 2.05) is 36.2 Å². The third kappa shape index (κ3) is 4.87. The number of benzene rings is 1. The van der Waals surface area contributed by atoms with Gasteiger partial charge in [0.25, 0.3) is 0 Å². The Balaban J connectivity index is 1.35. The summed E-state index contributed by atoms with van der Waals surface area (Å²) in [7, 11) is 3.49. The van der Waals surface area contributed by atoms with Crippen molar-refractivity contribution in [1.29, 1.82) is 0 Å². The molecule has 3 aromatic heterocycles. The predicted molar refractivity (Wildman–Crippen MR) is 129 cm³/mol. The first kappa shape index (κ1) is 21.9. The Kier molecular flexibility index (Phi) is 6.29. The van der Waals surface area contributed by atoms with Gasteiger partial charge in [0.15, 0.2) is 10.8 Å². The van der Waals surface area contributed by atoms with Crippen LogP contribution >= 0.6 is 23.1 Å². The smallest absolute Gasteiger partial charge is 0.239 e. The van der Waals surface area contributed by atoms with Gasteiger partial charge in [-0.15, -0.1) is 15.3 Å². The quantitative estimate of drug-likeness (QED) is 0.409. The summed E-state index contributed by atoms with van der Waals surface area (Å²) < 4.78 is 8.25. The first-order valence-electron chi connectivity index (χ1n) is 10.7. The molecule has 0 aliphatic carbocycles. The molecule has 0 saturated carbocycles. The number of aromatic nitrogens is 5. The van der Waals surface area contributed by atoms with Crippen LogP contribution in [0, 0.1) is 0 Å². The van der Waals surface area contributed by atoms with Crippen molar-refractivity contribution >= 4 is 55.8 Å². The molecule has 1 aromatic carbocycles. The van der Waals surface area contributed by atoms with Crippen LogP contribution in [0.25, 0.3) is 15.9 Å². The van der Waals surface area contributed by atoms with Crippen molar-refractivity contribution in [3.05, 3.63) is 30.3 Å². The van der Waals surface area contributed by atoms with Gasteiger partial charge in [0.05, 0.1) is 16.8 Å². The van der Waals surface area contributed by atoms with Crippen molar-refractivity contribution in [2.75, 3.05) is 44.1 Å². The number of anilines is 2. The van der Waals surface area contributed by atoms with E-state index in [2.05, 4.69) is 31.9 Å². The maximum atomic E-state index is 11.7. The number of carbonyl (C=O) groups excluding carboxylic acids is 1. The minimum absolute atomic E-state index is 0.0511. The summed E-state index contributed by atoms with van der Waals surface area (Å²) in [4.78, 5) is 19.2. The summed E-state index contributed by atoms with van der Waals surface area (Å²) in [6, 6.07) is 10.3. The zero-order valence-electron chi connectivity index (χ0n) is 18.3. The lowest BCUT2D eigenvalue weighted by molar-refractivity contribution is -0.119. The minimum Gasteiger partial charge on any atom is -0.381 e. The Morgan fingerprint density at radius 1 is 1.27 bits per heavy atom. The van der Waals surface area contributed by atoms with Gasteiger partial charge >= 0.3 is 0 Å². The standard InChI is InChI=1S/C21H24N8O2S2/c1-22-19(30)12-28(2)20-24-15-4-3-14(11-16(15)33-20)32-21-26-25-18-6-5-17(27-29(18)21)23-13-7-9-31-10-8-13/h3-6,11,13H,7-10,12H2,1-2H3,(H,22,30)(H,23,27). The lowest BCUT2D eigenvalue weighted by Gasteiger charge is -2.23. The first-order chi connectivity index (χ1) is 16.1. The number of rotatable bonds is 7. The number of carbonyl (C=O) groups is 1. The summed E-state index contributed by atoms with van der Waals surface area (Å²) in [5.41, 5.74) is 1.60. The van der Waals surface area contributed by atoms with E-state index in [1.165, 1.54) is 11.8 Å². The highest BCUT2D eigenvalue weighted by Gasteiger charge is 2.16. The van der Waals surface area contributed by atoms with E-state index in [0.29, 0.717) is 16.8 Å². The van der Waals surface area contributed by atoms with Crippen LogP contribution in [0.2, 0.25) is 0 Å². The summed E-state index contributed by atoms with van der Waals surface area (Å²) in [5, 5.41) is 20.9. The zero-order chi connectivity index (χ0) is 22.8. The minimum atomic E-state index is -0.0511. The van der Waals surface area contributed by atoms with Crippen LogP contribution in [0.1, 0.15) is 12.8 Å². The second-order valence-corrected chi connectivity index (χ2v) is 9.81. The number of thiazole rings is 1. The van der Waals surface area contributed by atoms with Crippen molar-refractivity contribution in [2.24, 2.45) is 0 Å². The van der Waals surface area contributed by atoms with Gasteiger partial charge in [0, 0.05) is 38.2 Å². The molecule has 4 heterocycles. The third-order valence-corrected chi connectivity index (χ3v) is 7.41. The van der Waals surface area contributed by atoms with Crippen LogP contribution in [0.3, 0.4) is 0 Å². The van der Waals surface area contributed by atoms with Gasteiger partial charge < -0.3 is 20.3 Å². The molecule has 33 heavy (non-hydrogen) atoms. The maximum Gasteiger partial charge on any atom is 0.239 e. The van der Waals surface area contributed by atoms with E-state index in [0.717, 1.165) is 52.1 Å². The third-order valence-electron chi connectivity index (χ3n) is 5.35. The number of ether oxygens (including phenoxy) is 1. The van der Waals surface area contributed by atoms with Crippen molar-refractivity contribution in [3.8, 4) is 0 Å². The van der Waals surface area contributed by atoms with E-state index >= 15 is 0 Å². The lowest BCUT2D eigenvalue weighted by Crippen LogP contribution is -2.32. The summed E-state index contributed by atoms with van der Waals surface area (Å²) >= 11 is 3.06. The molecule has 1 saturated heterocycles. The fourth-order valence-corrected chi connectivity index (χ4v) is 5.41. The van der Waals surface area contributed by atoms with Gasteiger partial charge in [-0.2, -0.15) is 4.52 Å². The molecule has 0 unspecified atom stereocenters. The zero-order valence-corrected chi connectivity index (χ0v) is 19.9. The average molecular weight is 485 g/mol. The van der Waals surface area contributed by atoms with Crippen molar-refractivity contribution < 1.29 is 9.53 Å². The SMILES string of the molecule is CNC(=O)CN(C)c1nc2ccc(Sc3nnc4ccc(NC5CCOCC5)nn34)cc2s1. The van der Waals surface area contributed by atoms with Crippen molar-refractivity contribution in [1.82, 2.24) is 30.1 Å². The van der Waals surface area contributed by atoms with Crippen LogP contribution < -0.4 is 15.5 Å². The molecule has 172 valence electrons. The summed E-state index contributed by atoms with van der Waals surface area (Å²) in [6.45, 7) is 1.81. The van der Waals surface area contributed by atoms with Gasteiger partial charge in [0.1, 0.15) is 5.82 Å². The largest absolute Gasteiger partial charge is 0.381 e. The number of likely N-dealkylation sites (N-methyl/N-ethyl adjacent to an activating group) is 2. The second-order valence-electron chi connectivity index (χ2n) is 7.76. The molecule has 4 aromatic rings. The molecule has 0 radical (unpaired) electrons. The second kappa shape index (κ2) is 9.49. The molecule has 1 fully saturated rings. The number of hydrogen-bond acceptors (Lipinski definition) is 10. The molecule has 0 atom stereocenters. The molecule has 2 N–H and O–H groups in total. The van der Waals surface area contributed by atoms with E-state index < -0.39 is 0 Å². The summed E-state index contributed by atoms with van der Waals surface area (Å²) in [5.74, 6) is 0.752. The van der Waals surface area contributed by atoms with E-state index in [1.54, 1.807) is 22.9 Å². The highest BCUT2D eigenvalue weighted by molar-refractivity contribution is 7.99. The summed E-state index contributed by atoms with van der Waals surface area (Å²) in [6.07, 6.45) is 1.94. The highest BCUT2D eigenvalue weighted by Crippen LogP contribution is 2.34. The molecule has 1 aliphatic heterocycles. The van der Waals surface area contributed by atoms with E-state index in [-0.39, 0.29) is 12.5 Å². The number of amides is 1. The Morgan fingerprint density at radius 2 is 2.12 bits per heavy atom. The number of nitrogens with one attached hydrogen (secondary N) is 2. The average Bonchev–Trinajstić information content (AvgIpc) is 3.43. The number of fused-ring (bicyclic) bond motifs is 2. The predicted octanol–water partition coefficient (Wildman–Crippen LogP) is 2.66. The van der Waals surface area contributed by atoms with Crippen LogP contribution in [0.15, 0.2) is 40.4 Å². The molecule has 1 aliphatic rings. The van der Waals surface area contributed by atoms with Crippen LogP contribution in [-0.4, -0.2) is 70.6 Å². The van der Waals surface area contributed by atoms with Crippen LogP contribution in [0.4, 0.5) is 10.9 Å². The normalized spacial score (nSPS) is 14.6. The first-order valence-corrected chi connectivity index (χ1v) is 12.3. The molecule has 0 spiro atoms. The molecule has 0 bridgehead atoms. The van der Waals surface area contributed by atoms with Gasteiger partial charge in [-0.3, -0.25) is 4.79 Å².